The minimum Gasteiger partial charge on any atom is -0.310 e. The maximum atomic E-state index is 10.2. The van der Waals surface area contributed by atoms with E-state index < -0.39 is 0 Å². The molecule has 5 aromatic carbocycles. The predicted octanol–water partition coefficient (Wildman–Crippen LogP) is 12.3. The van der Waals surface area contributed by atoms with Crippen molar-refractivity contribution in [1.82, 2.24) is 0 Å². The van der Waals surface area contributed by atoms with E-state index >= 15 is 0 Å². The fraction of sp³-hybridized carbons (Fsp3) is 0.174. The summed E-state index contributed by atoms with van der Waals surface area (Å²) in [7, 11) is 0. The number of fused-ring (bicyclic) bond motifs is 3. The van der Waals surface area contributed by atoms with Gasteiger partial charge in [-0.25, -0.2) is 20.2 Å². The van der Waals surface area contributed by atoms with Crippen molar-refractivity contribution in [2.24, 2.45) is 5.92 Å². The molecule has 0 unspecified atom stereocenters. The van der Waals surface area contributed by atoms with Crippen LogP contribution in [-0.4, -0.2) is 0 Å². The maximum absolute atomic E-state index is 10.2. The van der Waals surface area contributed by atoms with Crippen molar-refractivity contribution in [3.05, 3.63) is 183 Å². The zero-order valence-electron chi connectivity index (χ0n) is 29.3. The normalized spacial score (nSPS) is 13.4. The topological polar surface area (TPSA) is 59.5 Å². The molecule has 0 heterocycles. The minimum absolute atomic E-state index is 0.0129. The SMILES string of the molecule is [C-]#[N+]/C(C#N)=C(\c1ccc(/C(=C(\C#N)[N+]#[C-])C(C)C)cc1)c1ccc2c(c1)C(CC)(CC)c1cc(N(c3ccccc3)c3ccccc3)ccc1-2. The van der Waals surface area contributed by atoms with Crippen molar-refractivity contribution < 1.29 is 0 Å². The van der Waals surface area contributed by atoms with Gasteiger partial charge < -0.3 is 4.90 Å². The Morgan fingerprint density at radius 2 is 1.12 bits per heavy atom. The second-order valence-corrected chi connectivity index (χ2v) is 13.0. The van der Waals surface area contributed by atoms with Crippen molar-refractivity contribution in [3.63, 3.8) is 0 Å². The number of nitrogens with zero attached hydrogens (tertiary/aromatic N) is 5. The van der Waals surface area contributed by atoms with Gasteiger partial charge in [-0.1, -0.05) is 113 Å². The van der Waals surface area contributed by atoms with Crippen molar-refractivity contribution in [1.29, 1.82) is 10.5 Å². The molecule has 0 aliphatic heterocycles. The first-order chi connectivity index (χ1) is 24.8. The summed E-state index contributed by atoms with van der Waals surface area (Å²) in [6.45, 7) is 23.9. The van der Waals surface area contributed by atoms with Crippen LogP contribution in [0.2, 0.25) is 0 Å². The third-order valence-electron chi connectivity index (χ3n) is 10.1. The lowest BCUT2D eigenvalue weighted by Gasteiger charge is -2.32. The Hall–Kier alpha value is -6.66. The molecule has 6 rings (SSSR count). The number of hydrogen-bond acceptors (Lipinski definition) is 3. The molecule has 0 saturated carbocycles. The van der Waals surface area contributed by atoms with Gasteiger partial charge in [0.15, 0.2) is 0 Å². The van der Waals surface area contributed by atoms with Crippen LogP contribution in [0.3, 0.4) is 0 Å². The molecule has 0 spiro atoms. The highest BCUT2D eigenvalue weighted by Gasteiger charge is 2.41. The van der Waals surface area contributed by atoms with E-state index in [-0.39, 0.29) is 22.7 Å². The average molecular weight is 660 g/mol. The summed E-state index contributed by atoms with van der Waals surface area (Å²) in [6.07, 6.45) is 1.75. The van der Waals surface area contributed by atoms with Gasteiger partial charge in [0.25, 0.3) is 11.4 Å². The third-order valence-corrected chi connectivity index (χ3v) is 10.1. The van der Waals surface area contributed by atoms with E-state index in [2.05, 4.69) is 113 Å². The Balaban J connectivity index is 1.49. The second kappa shape index (κ2) is 14.4. The summed E-state index contributed by atoms with van der Waals surface area (Å²) in [5, 5.41) is 19.8. The first kappa shape index (κ1) is 34.2. The van der Waals surface area contributed by atoms with Gasteiger partial charge in [0, 0.05) is 28.1 Å². The van der Waals surface area contributed by atoms with Gasteiger partial charge in [-0.05, 0) is 99.7 Å². The number of hydrogen-bond donors (Lipinski definition) is 0. The molecular weight excluding hydrogens is 623 g/mol. The number of rotatable bonds is 9. The van der Waals surface area contributed by atoms with Gasteiger partial charge >= 0.3 is 0 Å². The monoisotopic (exact) mass is 659 g/mol. The summed E-state index contributed by atoms with van der Waals surface area (Å²) in [4.78, 5) is 9.43. The van der Waals surface area contributed by atoms with E-state index in [0.29, 0.717) is 11.1 Å². The summed E-state index contributed by atoms with van der Waals surface area (Å²) in [5.41, 5.74) is 11.4. The Morgan fingerprint density at radius 3 is 1.61 bits per heavy atom. The molecule has 5 nitrogen and oxygen atoms in total. The fourth-order valence-corrected chi connectivity index (χ4v) is 7.67. The van der Waals surface area contributed by atoms with Gasteiger partial charge in [0.1, 0.15) is 0 Å². The largest absolute Gasteiger partial charge is 0.310 e. The summed E-state index contributed by atoms with van der Waals surface area (Å²) >= 11 is 0. The van der Waals surface area contributed by atoms with Crippen LogP contribution in [0.15, 0.2) is 133 Å². The van der Waals surface area contributed by atoms with Gasteiger partial charge in [0.2, 0.25) is 0 Å². The quantitative estimate of drug-likeness (QED) is 0.117. The molecule has 0 saturated heterocycles. The van der Waals surface area contributed by atoms with Gasteiger partial charge in [-0.3, -0.25) is 0 Å². The molecule has 1 aliphatic rings. The highest BCUT2D eigenvalue weighted by Crippen LogP contribution is 2.55. The smallest absolute Gasteiger partial charge is 0.270 e. The number of anilines is 3. The van der Waals surface area contributed by atoms with Crippen LogP contribution in [0, 0.1) is 41.7 Å². The van der Waals surface area contributed by atoms with Crippen LogP contribution in [-0.2, 0) is 5.41 Å². The second-order valence-electron chi connectivity index (χ2n) is 13.0. The number of allylic oxidation sites excluding steroid dienone is 3. The lowest BCUT2D eigenvalue weighted by molar-refractivity contribution is 0.490. The van der Waals surface area contributed by atoms with E-state index in [1.807, 2.05) is 62.4 Å². The standard InChI is InChI=1S/C46H37N5/c1-7-46(8-2)40-27-34(45(43(30-48)50-6)33-21-19-32(20-22-33)44(31(3)4)42(29-47)49-5)23-25-38(40)39-26-24-37(28-41(39)46)51(35-15-11-9-12-16-35)36-17-13-10-14-18-36/h9-28,31H,7-8H2,1-4H3/b44-42+,45-43+. The summed E-state index contributed by atoms with van der Waals surface area (Å²) < 4.78 is 0. The Bertz CT molecular complexity index is 2260. The Kier molecular flexibility index (Phi) is 9.69. The number of para-hydroxylation sites is 2. The van der Waals surface area contributed by atoms with E-state index in [0.717, 1.165) is 46.6 Å². The van der Waals surface area contributed by atoms with E-state index in [1.54, 1.807) is 0 Å². The lowest BCUT2D eigenvalue weighted by Crippen LogP contribution is -2.23. The van der Waals surface area contributed by atoms with Crippen LogP contribution in [0.4, 0.5) is 17.1 Å². The van der Waals surface area contributed by atoms with E-state index in [9.17, 15) is 10.5 Å². The predicted molar refractivity (Wildman–Crippen MR) is 207 cm³/mol. The molecule has 5 heteroatoms. The van der Waals surface area contributed by atoms with Crippen LogP contribution in [0.5, 0.6) is 0 Å². The molecule has 0 radical (unpaired) electrons. The fourth-order valence-electron chi connectivity index (χ4n) is 7.67. The molecular formula is C46H37N5. The Labute approximate surface area is 301 Å². The van der Waals surface area contributed by atoms with Crippen molar-refractivity contribution in [3.8, 4) is 23.3 Å². The first-order valence-electron chi connectivity index (χ1n) is 17.2. The Morgan fingerprint density at radius 1 is 0.627 bits per heavy atom. The van der Waals surface area contributed by atoms with Crippen LogP contribution in [0.25, 0.3) is 32.0 Å². The molecule has 0 aromatic heterocycles. The zero-order chi connectivity index (χ0) is 36.1. The van der Waals surface area contributed by atoms with Gasteiger partial charge in [-0.2, -0.15) is 0 Å². The third kappa shape index (κ3) is 5.97. The van der Waals surface area contributed by atoms with Crippen LogP contribution >= 0.6 is 0 Å². The average Bonchev–Trinajstić information content (AvgIpc) is 3.45. The lowest BCUT2D eigenvalue weighted by atomic mass is 9.73. The zero-order valence-corrected chi connectivity index (χ0v) is 29.3. The molecule has 0 N–H and O–H groups in total. The molecule has 51 heavy (non-hydrogen) atoms. The van der Waals surface area contributed by atoms with Gasteiger partial charge in [-0.15, -0.1) is 0 Å². The van der Waals surface area contributed by atoms with Crippen molar-refractivity contribution in [2.45, 2.75) is 46.0 Å². The van der Waals surface area contributed by atoms with Gasteiger partial charge in [0.05, 0.1) is 25.3 Å². The summed E-state index contributed by atoms with van der Waals surface area (Å²) in [6, 6.07) is 45.7. The molecule has 0 fully saturated rings. The van der Waals surface area contributed by atoms with E-state index in [1.165, 1.54) is 22.3 Å². The molecule has 246 valence electrons. The molecule has 0 atom stereocenters. The highest BCUT2D eigenvalue weighted by molar-refractivity contribution is 5.91. The molecule has 1 aliphatic carbocycles. The van der Waals surface area contributed by atoms with E-state index in [4.69, 9.17) is 13.1 Å². The van der Waals surface area contributed by atoms with Crippen molar-refractivity contribution in [2.75, 3.05) is 4.90 Å². The highest BCUT2D eigenvalue weighted by atomic mass is 15.1. The minimum atomic E-state index is -0.278. The number of nitriles is 2. The van der Waals surface area contributed by atoms with Crippen molar-refractivity contribution >= 4 is 28.2 Å². The first-order valence-corrected chi connectivity index (χ1v) is 17.2. The maximum Gasteiger partial charge on any atom is 0.270 e. The molecule has 5 aromatic rings. The summed E-state index contributed by atoms with van der Waals surface area (Å²) in [5.74, 6) is -0.0324. The number of benzene rings is 5. The van der Waals surface area contributed by atoms with Crippen LogP contribution in [0.1, 0.15) is 68.4 Å². The van der Waals surface area contributed by atoms with Crippen LogP contribution < -0.4 is 4.90 Å². The molecule has 0 amide bonds. The molecule has 0 bridgehead atoms.